The van der Waals surface area contributed by atoms with E-state index in [-0.39, 0.29) is 5.92 Å². The van der Waals surface area contributed by atoms with Crippen molar-refractivity contribution in [3.8, 4) is 0 Å². The third-order valence-corrected chi connectivity index (χ3v) is 2.64. The van der Waals surface area contributed by atoms with Crippen LogP contribution in [0.4, 0.5) is 0 Å². The predicted molar refractivity (Wildman–Crippen MR) is 50.5 cm³/mol. The smallest absolute Gasteiger partial charge is 0.140 e. The van der Waals surface area contributed by atoms with Gasteiger partial charge in [0.25, 0.3) is 0 Å². The van der Waals surface area contributed by atoms with Crippen LogP contribution in [0.2, 0.25) is 0 Å². The van der Waals surface area contributed by atoms with Crippen molar-refractivity contribution in [3.63, 3.8) is 0 Å². The van der Waals surface area contributed by atoms with E-state index in [1.807, 2.05) is 18.3 Å². The number of Topliss-reactive ketones (excluding diaryl/α,β-unsaturated/α-hetero) is 1. The second kappa shape index (κ2) is 3.69. The third kappa shape index (κ3) is 1.77. The van der Waals surface area contributed by atoms with Crippen molar-refractivity contribution in [2.45, 2.75) is 31.6 Å². The van der Waals surface area contributed by atoms with Crippen LogP contribution in [0.25, 0.3) is 0 Å². The Morgan fingerprint density at radius 3 is 3.00 bits per heavy atom. The van der Waals surface area contributed by atoms with Crippen LogP contribution in [0, 0.1) is 0 Å². The Hall–Kier alpha value is -1.18. The molecule has 1 aromatic heterocycles. The van der Waals surface area contributed by atoms with Crippen LogP contribution in [0.5, 0.6) is 0 Å². The monoisotopic (exact) mass is 175 g/mol. The van der Waals surface area contributed by atoms with Gasteiger partial charge in [-0.1, -0.05) is 12.5 Å². The zero-order valence-corrected chi connectivity index (χ0v) is 7.57. The van der Waals surface area contributed by atoms with Crippen molar-refractivity contribution in [1.29, 1.82) is 0 Å². The number of carbonyl (C=O) groups excluding carboxylic acids is 1. The summed E-state index contributed by atoms with van der Waals surface area (Å²) >= 11 is 0. The Morgan fingerprint density at radius 1 is 1.38 bits per heavy atom. The summed E-state index contributed by atoms with van der Waals surface area (Å²) in [5, 5.41) is 0. The van der Waals surface area contributed by atoms with E-state index in [0.717, 1.165) is 24.8 Å². The Labute approximate surface area is 78.0 Å². The summed E-state index contributed by atoms with van der Waals surface area (Å²) < 4.78 is 0. The van der Waals surface area contributed by atoms with Gasteiger partial charge in [-0.2, -0.15) is 0 Å². The minimum Gasteiger partial charge on any atom is -0.299 e. The molecule has 1 atom stereocenters. The number of ketones is 1. The van der Waals surface area contributed by atoms with E-state index in [4.69, 9.17) is 0 Å². The van der Waals surface area contributed by atoms with Crippen molar-refractivity contribution in [1.82, 2.24) is 4.98 Å². The molecule has 1 fully saturated rings. The van der Waals surface area contributed by atoms with Crippen molar-refractivity contribution in [2.24, 2.45) is 0 Å². The summed E-state index contributed by atoms with van der Waals surface area (Å²) in [6, 6.07) is 3.90. The third-order valence-electron chi connectivity index (χ3n) is 2.64. The topological polar surface area (TPSA) is 30.0 Å². The maximum absolute atomic E-state index is 11.6. The molecule has 0 aromatic carbocycles. The van der Waals surface area contributed by atoms with E-state index in [1.54, 1.807) is 6.20 Å². The molecule has 0 radical (unpaired) electrons. The lowest BCUT2D eigenvalue weighted by Crippen LogP contribution is -2.16. The maximum Gasteiger partial charge on any atom is 0.140 e. The second-order valence-electron chi connectivity index (χ2n) is 3.55. The number of hydrogen-bond donors (Lipinski definition) is 0. The molecule has 13 heavy (non-hydrogen) atoms. The molecule has 2 heteroatoms. The number of carbonyl (C=O) groups is 1. The predicted octanol–water partition coefficient (Wildman–Crippen LogP) is 2.31. The molecular formula is C11H13NO. The van der Waals surface area contributed by atoms with Crippen LogP contribution < -0.4 is 0 Å². The van der Waals surface area contributed by atoms with Crippen molar-refractivity contribution in [2.75, 3.05) is 0 Å². The highest BCUT2D eigenvalue weighted by Gasteiger charge is 2.23. The molecule has 1 aromatic rings. The lowest BCUT2D eigenvalue weighted by Gasteiger charge is -2.19. The molecule has 1 saturated carbocycles. The molecule has 0 unspecified atom stereocenters. The maximum atomic E-state index is 11.6. The van der Waals surface area contributed by atoms with E-state index in [2.05, 4.69) is 4.98 Å². The van der Waals surface area contributed by atoms with Gasteiger partial charge in [-0.3, -0.25) is 9.78 Å². The van der Waals surface area contributed by atoms with Gasteiger partial charge in [0.2, 0.25) is 0 Å². The Kier molecular flexibility index (Phi) is 2.39. The molecular weight excluding hydrogens is 162 g/mol. The molecule has 1 heterocycles. The molecule has 0 bridgehead atoms. The second-order valence-corrected chi connectivity index (χ2v) is 3.55. The number of pyridine rings is 1. The fourth-order valence-electron chi connectivity index (χ4n) is 1.92. The highest BCUT2D eigenvalue weighted by molar-refractivity contribution is 5.86. The van der Waals surface area contributed by atoms with Crippen molar-refractivity contribution in [3.05, 3.63) is 30.1 Å². The number of hydrogen-bond acceptors (Lipinski definition) is 2. The van der Waals surface area contributed by atoms with Gasteiger partial charge in [-0.25, -0.2) is 0 Å². The quantitative estimate of drug-likeness (QED) is 0.655. The fraction of sp³-hybridized carbons (Fsp3) is 0.455. The summed E-state index contributed by atoms with van der Waals surface area (Å²) in [6.07, 6.45) is 7.55. The highest BCUT2D eigenvalue weighted by Crippen LogP contribution is 2.28. The number of rotatable bonds is 1. The van der Waals surface area contributed by atoms with Gasteiger partial charge in [0.05, 0.1) is 0 Å². The lowest BCUT2D eigenvalue weighted by molar-refractivity contribution is -0.121. The van der Waals surface area contributed by atoms with Crippen LogP contribution in [0.1, 0.15) is 37.2 Å². The molecule has 2 nitrogen and oxygen atoms in total. The van der Waals surface area contributed by atoms with Gasteiger partial charge in [-0.15, -0.1) is 0 Å². The molecule has 0 amide bonds. The van der Waals surface area contributed by atoms with E-state index in [9.17, 15) is 4.79 Å². The molecule has 1 aliphatic rings. The Balaban J connectivity index is 2.20. The Morgan fingerprint density at radius 2 is 2.31 bits per heavy atom. The SMILES string of the molecule is O=C1CCCC[C@@H]1c1cccnc1. The first-order chi connectivity index (χ1) is 6.38. The van der Waals surface area contributed by atoms with Crippen LogP contribution in [-0.2, 0) is 4.79 Å². The normalized spacial score (nSPS) is 23.1. The van der Waals surface area contributed by atoms with Crippen LogP contribution >= 0.6 is 0 Å². The van der Waals surface area contributed by atoms with Gasteiger partial charge >= 0.3 is 0 Å². The average molecular weight is 175 g/mol. The molecule has 0 aliphatic heterocycles. The Bertz CT molecular complexity index is 294. The average Bonchev–Trinajstić information content (AvgIpc) is 2.20. The van der Waals surface area contributed by atoms with E-state index >= 15 is 0 Å². The minimum atomic E-state index is 0.127. The van der Waals surface area contributed by atoms with Gasteiger partial charge in [-0.05, 0) is 24.5 Å². The summed E-state index contributed by atoms with van der Waals surface area (Å²) in [5.41, 5.74) is 1.09. The molecule has 0 N–H and O–H groups in total. The molecule has 2 rings (SSSR count). The van der Waals surface area contributed by atoms with Gasteiger partial charge < -0.3 is 0 Å². The summed E-state index contributed by atoms with van der Waals surface area (Å²) in [4.78, 5) is 15.6. The first-order valence-electron chi connectivity index (χ1n) is 4.80. The first-order valence-corrected chi connectivity index (χ1v) is 4.80. The summed E-state index contributed by atoms with van der Waals surface area (Å²) in [7, 11) is 0. The fourth-order valence-corrected chi connectivity index (χ4v) is 1.92. The molecule has 0 spiro atoms. The highest BCUT2D eigenvalue weighted by atomic mass is 16.1. The summed E-state index contributed by atoms with van der Waals surface area (Å²) in [6.45, 7) is 0. The van der Waals surface area contributed by atoms with Gasteiger partial charge in [0.1, 0.15) is 5.78 Å². The van der Waals surface area contributed by atoms with E-state index in [1.165, 1.54) is 6.42 Å². The van der Waals surface area contributed by atoms with Crippen molar-refractivity contribution >= 4 is 5.78 Å². The van der Waals surface area contributed by atoms with E-state index < -0.39 is 0 Å². The zero-order valence-electron chi connectivity index (χ0n) is 7.57. The van der Waals surface area contributed by atoms with Crippen LogP contribution in [-0.4, -0.2) is 10.8 Å². The lowest BCUT2D eigenvalue weighted by atomic mass is 9.84. The van der Waals surface area contributed by atoms with Crippen LogP contribution in [0.15, 0.2) is 24.5 Å². The molecule has 68 valence electrons. The summed E-state index contributed by atoms with van der Waals surface area (Å²) in [5.74, 6) is 0.515. The molecule has 0 saturated heterocycles. The number of nitrogens with zero attached hydrogens (tertiary/aromatic N) is 1. The van der Waals surface area contributed by atoms with Gasteiger partial charge in [0, 0.05) is 24.7 Å². The first kappa shape index (κ1) is 8.42. The molecule has 1 aliphatic carbocycles. The number of aromatic nitrogens is 1. The van der Waals surface area contributed by atoms with Crippen molar-refractivity contribution < 1.29 is 4.79 Å². The van der Waals surface area contributed by atoms with E-state index in [0.29, 0.717) is 5.78 Å². The largest absolute Gasteiger partial charge is 0.299 e. The van der Waals surface area contributed by atoms with Crippen LogP contribution in [0.3, 0.4) is 0 Å². The zero-order chi connectivity index (χ0) is 9.10. The minimum absolute atomic E-state index is 0.127. The standard InChI is InChI=1S/C11H13NO/c13-11-6-2-1-5-10(11)9-4-3-7-12-8-9/h3-4,7-8,10H,1-2,5-6H2/t10-/m1/s1. The van der Waals surface area contributed by atoms with Gasteiger partial charge in [0.15, 0.2) is 0 Å².